The summed E-state index contributed by atoms with van der Waals surface area (Å²) >= 11 is 5.75. The van der Waals surface area contributed by atoms with Gasteiger partial charge in [0.1, 0.15) is 5.75 Å². The minimum Gasteiger partial charge on any atom is -0.484 e. The first kappa shape index (κ1) is 16.1. The van der Waals surface area contributed by atoms with Gasteiger partial charge >= 0.3 is 0 Å². The zero-order chi connectivity index (χ0) is 15.2. The summed E-state index contributed by atoms with van der Waals surface area (Å²) in [5.74, 6) is 0.113. The molecule has 0 saturated carbocycles. The first-order valence-corrected chi connectivity index (χ1v) is 6.46. The van der Waals surface area contributed by atoms with Crippen molar-refractivity contribution in [3.8, 4) is 5.75 Å². The monoisotopic (exact) mass is 299 g/mol. The highest BCUT2D eigenvalue weighted by atomic mass is 35.5. The third kappa shape index (κ3) is 4.31. The number of benzene rings is 1. The fraction of sp³-hybridized carbons (Fsp3) is 0.385. The van der Waals surface area contributed by atoms with Crippen molar-refractivity contribution in [3.05, 3.63) is 29.3 Å². The molecule has 7 heteroatoms. The number of ether oxygens (including phenoxy) is 1. The molecule has 0 saturated heterocycles. The van der Waals surface area contributed by atoms with Crippen molar-refractivity contribution in [2.24, 2.45) is 10.9 Å². The van der Waals surface area contributed by atoms with E-state index >= 15 is 0 Å². The number of amidine groups is 1. The fourth-order valence-corrected chi connectivity index (χ4v) is 1.59. The Labute approximate surface area is 122 Å². The molecule has 20 heavy (non-hydrogen) atoms. The molecule has 4 N–H and O–H groups in total. The Morgan fingerprint density at radius 3 is 2.60 bits per heavy atom. The lowest BCUT2D eigenvalue weighted by atomic mass is 9.97. The standard InChI is InChI=1S/C13H18ClN3O3/c1-3-13(2,12(15)17-19)16-11(18)8-20-10-6-4-9(14)5-7-10/h4-7,19H,3,8H2,1-2H3,(H2,15,17)(H,16,18). The van der Waals surface area contributed by atoms with E-state index in [-0.39, 0.29) is 18.3 Å². The summed E-state index contributed by atoms with van der Waals surface area (Å²) in [5.41, 5.74) is 4.66. The van der Waals surface area contributed by atoms with Gasteiger partial charge in [0.25, 0.3) is 5.91 Å². The number of nitrogens with one attached hydrogen (secondary N) is 1. The first-order chi connectivity index (χ1) is 9.41. The van der Waals surface area contributed by atoms with Crippen molar-refractivity contribution >= 4 is 23.3 Å². The zero-order valence-corrected chi connectivity index (χ0v) is 12.1. The van der Waals surface area contributed by atoms with Crippen LogP contribution in [0.3, 0.4) is 0 Å². The molecule has 0 fully saturated rings. The number of nitrogens with zero attached hydrogens (tertiary/aromatic N) is 1. The highest BCUT2D eigenvalue weighted by molar-refractivity contribution is 6.30. The molecule has 0 aliphatic rings. The van der Waals surface area contributed by atoms with E-state index in [2.05, 4.69) is 10.5 Å². The third-order valence-electron chi connectivity index (χ3n) is 2.98. The molecule has 0 bridgehead atoms. The highest BCUT2D eigenvalue weighted by Gasteiger charge is 2.29. The normalized spacial score (nSPS) is 14.4. The van der Waals surface area contributed by atoms with E-state index in [1.54, 1.807) is 31.2 Å². The van der Waals surface area contributed by atoms with E-state index in [1.807, 2.05) is 6.92 Å². The molecule has 0 radical (unpaired) electrons. The molecular formula is C13H18ClN3O3. The zero-order valence-electron chi connectivity index (χ0n) is 11.4. The van der Waals surface area contributed by atoms with Crippen LogP contribution in [0.2, 0.25) is 5.02 Å². The predicted octanol–water partition coefficient (Wildman–Crippen LogP) is 1.75. The summed E-state index contributed by atoms with van der Waals surface area (Å²) in [5, 5.41) is 14.9. The van der Waals surface area contributed by atoms with E-state index in [0.717, 1.165) is 0 Å². The van der Waals surface area contributed by atoms with Crippen molar-refractivity contribution in [2.75, 3.05) is 6.61 Å². The van der Waals surface area contributed by atoms with Crippen molar-refractivity contribution < 1.29 is 14.7 Å². The van der Waals surface area contributed by atoms with E-state index in [1.165, 1.54) is 0 Å². The van der Waals surface area contributed by atoms with Gasteiger partial charge in [0, 0.05) is 5.02 Å². The predicted molar refractivity (Wildman–Crippen MR) is 77.2 cm³/mol. The number of amides is 1. The minimum atomic E-state index is -0.908. The Kier molecular flexibility index (Phi) is 5.64. The van der Waals surface area contributed by atoms with Crippen LogP contribution in [-0.4, -0.2) is 29.1 Å². The van der Waals surface area contributed by atoms with Crippen LogP contribution in [0, 0.1) is 0 Å². The van der Waals surface area contributed by atoms with E-state index in [4.69, 9.17) is 27.3 Å². The molecule has 1 atom stereocenters. The molecule has 110 valence electrons. The SMILES string of the molecule is CCC(C)(NC(=O)COc1ccc(Cl)cc1)/C(N)=N/O. The molecule has 0 spiro atoms. The molecule has 1 unspecified atom stereocenters. The van der Waals surface area contributed by atoms with Crippen molar-refractivity contribution in [3.63, 3.8) is 0 Å². The molecule has 0 heterocycles. The van der Waals surface area contributed by atoms with Crippen molar-refractivity contribution in [1.82, 2.24) is 5.32 Å². The van der Waals surface area contributed by atoms with E-state index in [9.17, 15) is 4.79 Å². The highest BCUT2D eigenvalue weighted by Crippen LogP contribution is 2.15. The molecule has 0 aliphatic carbocycles. The van der Waals surface area contributed by atoms with Crippen molar-refractivity contribution in [2.45, 2.75) is 25.8 Å². The number of rotatable bonds is 6. The Morgan fingerprint density at radius 2 is 2.10 bits per heavy atom. The maximum atomic E-state index is 11.8. The largest absolute Gasteiger partial charge is 0.484 e. The minimum absolute atomic E-state index is 0.0557. The number of hydrogen-bond donors (Lipinski definition) is 3. The topological polar surface area (TPSA) is 96.9 Å². The van der Waals surface area contributed by atoms with Crippen LogP contribution in [0.15, 0.2) is 29.4 Å². The average Bonchev–Trinajstić information content (AvgIpc) is 2.45. The Bertz CT molecular complexity index is 490. The van der Waals surface area contributed by atoms with Gasteiger partial charge in [-0.05, 0) is 37.6 Å². The Balaban J connectivity index is 2.57. The summed E-state index contributed by atoms with van der Waals surface area (Å²) in [6.45, 7) is 3.32. The van der Waals surface area contributed by atoms with E-state index in [0.29, 0.717) is 17.2 Å². The van der Waals surface area contributed by atoms with Gasteiger partial charge in [0.05, 0.1) is 5.54 Å². The summed E-state index contributed by atoms with van der Waals surface area (Å²) in [6, 6.07) is 6.67. The van der Waals surface area contributed by atoms with Gasteiger partial charge in [-0.2, -0.15) is 0 Å². The lowest BCUT2D eigenvalue weighted by molar-refractivity contribution is -0.124. The quantitative estimate of drug-likeness (QED) is 0.323. The lowest BCUT2D eigenvalue weighted by Crippen LogP contribution is -2.56. The van der Waals surface area contributed by atoms with Crippen LogP contribution in [-0.2, 0) is 4.79 Å². The molecule has 1 amide bonds. The average molecular weight is 300 g/mol. The number of nitrogens with two attached hydrogens (primary N) is 1. The molecule has 1 rings (SSSR count). The van der Waals surface area contributed by atoms with Gasteiger partial charge in [-0.15, -0.1) is 0 Å². The number of carbonyl (C=O) groups is 1. The molecule has 1 aromatic rings. The number of carbonyl (C=O) groups excluding carboxylic acids is 1. The second-order valence-electron chi connectivity index (χ2n) is 4.46. The van der Waals surface area contributed by atoms with Gasteiger partial charge < -0.3 is 21.0 Å². The second-order valence-corrected chi connectivity index (χ2v) is 4.90. The number of hydrogen-bond acceptors (Lipinski definition) is 4. The van der Waals surface area contributed by atoms with Crippen LogP contribution in [0.5, 0.6) is 5.75 Å². The summed E-state index contributed by atoms with van der Waals surface area (Å²) < 4.78 is 5.31. The molecule has 0 aromatic heterocycles. The Hall–Kier alpha value is -1.95. The molecule has 0 aliphatic heterocycles. The van der Waals surface area contributed by atoms with Gasteiger partial charge in [0.15, 0.2) is 12.4 Å². The fourth-order valence-electron chi connectivity index (χ4n) is 1.47. The number of halogens is 1. The molecule has 1 aromatic carbocycles. The van der Waals surface area contributed by atoms with Crippen LogP contribution in [0.1, 0.15) is 20.3 Å². The van der Waals surface area contributed by atoms with Crippen LogP contribution in [0.4, 0.5) is 0 Å². The third-order valence-corrected chi connectivity index (χ3v) is 3.23. The van der Waals surface area contributed by atoms with Gasteiger partial charge in [-0.1, -0.05) is 23.7 Å². The van der Waals surface area contributed by atoms with Crippen LogP contribution >= 0.6 is 11.6 Å². The van der Waals surface area contributed by atoms with Gasteiger partial charge in [-0.3, -0.25) is 4.79 Å². The summed E-state index contributed by atoms with van der Waals surface area (Å²) in [4.78, 5) is 11.8. The lowest BCUT2D eigenvalue weighted by Gasteiger charge is -2.27. The number of oxime groups is 1. The van der Waals surface area contributed by atoms with Crippen molar-refractivity contribution in [1.29, 1.82) is 0 Å². The smallest absolute Gasteiger partial charge is 0.258 e. The van der Waals surface area contributed by atoms with Gasteiger partial charge in [-0.25, -0.2) is 0 Å². The van der Waals surface area contributed by atoms with Crippen LogP contribution in [0.25, 0.3) is 0 Å². The molecule has 6 nitrogen and oxygen atoms in total. The molecular weight excluding hydrogens is 282 g/mol. The van der Waals surface area contributed by atoms with E-state index < -0.39 is 5.54 Å². The summed E-state index contributed by atoms with van der Waals surface area (Å²) in [6.07, 6.45) is 0.482. The second kappa shape index (κ2) is 7.00. The first-order valence-electron chi connectivity index (χ1n) is 6.08. The maximum absolute atomic E-state index is 11.8. The summed E-state index contributed by atoms with van der Waals surface area (Å²) in [7, 11) is 0. The van der Waals surface area contributed by atoms with Crippen LogP contribution < -0.4 is 15.8 Å². The Morgan fingerprint density at radius 1 is 1.50 bits per heavy atom. The van der Waals surface area contributed by atoms with Gasteiger partial charge in [0.2, 0.25) is 0 Å². The maximum Gasteiger partial charge on any atom is 0.258 e.